The molecule has 15 heteroatoms. The van der Waals surface area contributed by atoms with E-state index < -0.39 is 11.9 Å². The van der Waals surface area contributed by atoms with Crippen molar-refractivity contribution in [3.8, 4) is 16.9 Å². The highest BCUT2D eigenvalue weighted by atomic mass is 19.1. The summed E-state index contributed by atoms with van der Waals surface area (Å²) < 4.78 is 30.8. The van der Waals surface area contributed by atoms with Gasteiger partial charge in [-0.1, -0.05) is 31.5 Å². The molecule has 4 aromatic rings. The standard InChI is InChI=1S/C22H22FN5O2.C22H31FN4O2/c23-18-13-25-22(26-16-7-3-6-15(11-16)21(24)30)27-20(18)14-5-4-8-17(12-14)28-10-2-1-9-19(28)29;1-15-2-5-17(6-3-15)26-10-12-27(13-11-26)20-8-4-16(14-18(20)23)24-19-7-9-21(28)25-22(19)29/h1-2,4-5,8-10,12-13,15-16H,3,6-7,11H2,(H2,24,30)(H,25,26,27);4,8,14-15,17,19,24H,2-3,5-7,9-13H2,1H3,(H,25,28,29). The van der Waals surface area contributed by atoms with Crippen LogP contribution in [0.3, 0.4) is 0 Å². The third-order valence-electron chi connectivity index (χ3n) is 12.1. The van der Waals surface area contributed by atoms with Gasteiger partial charge in [-0.25, -0.2) is 18.7 Å². The maximum atomic E-state index is 14.8. The molecule has 2 aliphatic carbocycles. The second-order valence-corrected chi connectivity index (χ2v) is 16.2. The maximum Gasteiger partial charge on any atom is 0.255 e. The van der Waals surface area contributed by atoms with Crippen molar-refractivity contribution in [3.05, 3.63) is 95.0 Å². The lowest BCUT2D eigenvalue weighted by Crippen LogP contribution is -2.51. The summed E-state index contributed by atoms with van der Waals surface area (Å²) in [5.74, 6) is -0.751. The van der Waals surface area contributed by atoms with E-state index in [0.29, 0.717) is 53.9 Å². The predicted molar refractivity (Wildman–Crippen MR) is 223 cm³/mol. The molecule has 59 heavy (non-hydrogen) atoms. The first kappa shape index (κ1) is 41.5. The number of carbonyl (C=O) groups is 3. The number of benzene rings is 2. The highest BCUT2D eigenvalue weighted by Gasteiger charge is 2.30. The van der Waals surface area contributed by atoms with Crippen LogP contribution in [0.1, 0.15) is 71.1 Å². The van der Waals surface area contributed by atoms with Gasteiger partial charge in [-0.3, -0.25) is 34.0 Å². The number of carbonyl (C=O) groups excluding carboxylic acids is 3. The molecule has 8 rings (SSSR count). The fourth-order valence-corrected chi connectivity index (χ4v) is 8.67. The fraction of sp³-hybridized carbons (Fsp3) is 0.455. The number of primary amides is 1. The first-order chi connectivity index (χ1) is 28.5. The van der Waals surface area contributed by atoms with Crippen molar-refractivity contribution in [2.45, 2.75) is 89.3 Å². The molecular formula is C44H53F2N9O4. The molecule has 5 N–H and O–H groups in total. The molecule has 3 amide bonds. The number of hydrogen-bond acceptors (Lipinski definition) is 10. The molecule has 3 atom stereocenters. The lowest BCUT2D eigenvalue weighted by atomic mass is 9.85. The molecule has 2 aromatic carbocycles. The number of nitrogens with two attached hydrogens (primary N) is 1. The molecule has 2 saturated carbocycles. The third kappa shape index (κ3) is 10.5. The van der Waals surface area contributed by atoms with Gasteiger partial charge in [0.25, 0.3) is 5.56 Å². The van der Waals surface area contributed by atoms with E-state index in [4.69, 9.17) is 5.73 Å². The van der Waals surface area contributed by atoms with E-state index in [1.165, 1.54) is 42.4 Å². The van der Waals surface area contributed by atoms with Gasteiger partial charge in [-0.15, -0.1) is 0 Å². The van der Waals surface area contributed by atoms with Gasteiger partial charge in [0.05, 0.1) is 11.9 Å². The van der Waals surface area contributed by atoms with Crippen LogP contribution >= 0.6 is 0 Å². The quantitative estimate of drug-likeness (QED) is 0.156. The Morgan fingerprint density at radius 2 is 1.66 bits per heavy atom. The Balaban J connectivity index is 0.000000179. The van der Waals surface area contributed by atoms with Crippen LogP contribution in [0.5, 0.6) is 0 Å². The van der Waals surface area contributed by atoms with E-state index in [1.54, 1.807) is 48.7 Å². The summed E-state index contributed by atoms with van der Waals surface area (Å²) in [5, 5.41) is 8.57. The van der Waals surface area contributed by atoms with Crippen LogP contribution in [0.25, 0.3) is 16.9 Å². The van der Waals surface area contributed by atoms with Gasteiger partial charge < -0.3 is 21.3 Å². The van der Waals surface area contributed by atoms with Crippen molar-refractivity contribution >= 4 is 35.0 Å². The molecular weight excluding hydrogens is 757 g/mol. The first-order valence-electron chi connectivity index (χ1n) is 20.8. The molecule has 2 aromatic heterocycles. The molecule has 4 heterocycles. The summed E-state index contributed by atoms with van der Waals surface area (Å²) >= 11 is 0. The number of halogens is 2. The number of aromatic nitrogens is 3. The van der Waals surface area contributed by atoms with Crippen molar-refractivity contribution in [2.75, 3.05) is 41.7 Å². The second kappa shape index (κ2) is 18.9. The highest BCUT2D eigenvalue weighted by Crippen LogP contribution is 2.31. The van der Waals surface area contributed by atoms with Gasteiger partial charge in [0.15, 0.2) is 5.82 Å². The van der Waals surface area contributed by atoms with E-state index in [0.717, 1.165) is 57.6 Å². The van der Waals surface area contributed by atoms with E-state index in [-0.39, 0.29) is 46.8 Å². The second-order valence-electron chi connectivity index (χ2n) is 16.2. The average molecular weight is 810 g/mol. The smallest absolute Gasteiger partial charge is 0.255 e. The molecule has 0 spiro atoms. The lowest BCUT2D eigenvalue weighted by Gasteiger charge is -2.42. The Labute approximate surface area is 342 Å². The van der Waals surface area contributed by atoms with Gasteiger partial charge in [0.1, 0.15) is 17.6 Å². The number of amides is 3. The van der Waals surface area contributed by atoms with Crippen LogP contribution in [0.2, 0.25) is 0 Å². The number of hydrogen-bond donors (Lipinski definition) is 4. The summed E-state index contributed by atoms with van der Waals surface area (Å²) in [6.45, 7) is 5.98. The van der Waals surface area contributed by atoms with Gasteiger partial charge >= 0.3 is 0 Å². The molecule has 0 bridgehead atoms. The lowest BCUT2D eigenvalue weighted by molar-refractivity contribution is -0.133. The van der Waals surface area contributed by atoms with E-state index >= 15 is 0 Å². The van der Waals surface area contributed by atoms with Crippen molar-refractivity contribution in [2.24, 2.45) is 17.6 Å². The zero-order chi connectivity index (χ0) is 41.5. The zero-order valence-electron chi connectivity index (χ0n) is 33.4. The van der Waals surface area contributed by atoms with Gasteiger partial charge in [-0.05, 0) is 93.7 Å². The number of anilines is 3. The fourth-order valence-electron chi connectivity index (χ4n) is 8.67. The number of imide groups is 1. The Bertz CT molecular complexity index is 2190. The van der Waals surface area contributed by atoms with Crippen LogP contribution in [0.4, 0.5) is 26.1 Å². The molecule has 0 radical (unpaired) electrons. The number of piperazine rings is 1. The summed E-state index contributed by atoms with van der Waals surface area (Å²) in [4.78, 5) is 59.9. The summed E-state index contributed by atoms with van der Waals surface area (Å²) in [7, 11) is 0. The number of pyridine rings is 1. The minimum absolute atomic E-state index is 0.00351. The molecule has 13 nitrogen and oxygen atoms in total. The molecule has 4 aliphatic rings. The predicted octanol–water partition coefficient (Wildman–Crippen LogP) is 5.63. The summed E-state index contributed by atoms with van der Waals surface area (Å²) in [6, 6.07) is 17.1. The zero-order valence-corrected chi connectivity index (χ0v) is 33.4. The number of rotatable bonds is 9. The first-order valence-corrected chi connectivity index (χ1v) is 20.8. The normalized spacial score (nSPS) is 23.7. The van der Waals surface area contributed by atoms with Crippen molar-refractivity contribution in [1.82, 2.24) is 24.8 Å². The van der Waals surface area contributed by atoms with Crippen LogP contribution in [0.15, 0.2) is 77.9 Å². The monoisotopic (exact) mass is 809 g/mol. The Morgan fingerprint density at radius 3 is 2.39 bits per heavy atom. The average Bonchev–Trinajstić information content (AvgIpc) is 3.24. The number of nitrogens with zero attached hydrogens (tertiary/aromatic N) is 5. The topological polar surface area (TPSA) is 168 Å². The molecule has 2 aliphatic heterocycles. The van der Waals surface area contributed by atoms with Crippen molar-refractivity contribution < 1.29 is 23.2 Å². The number of piperidine rings is 1. The van der Waals surface area contributed by atoms with Crippen LogP contribution in [-0.4, -0.2) is 81.5 Å². The Morgan fingerprint density at radius 1 is 0.864 bits per heavy atom. The van der Waals surface area contributed by atoms with Gasteiger partial charge in [0.2, 0.25) is 23.7 Å². The maximum absolute atomic E-state index is 14.8. The molecule has 3 unspecified atom stereocenters. The number of nitrogens with one attached hydrogen (secondary N) is 3. The molecule has 4 fully saturated rings. The summed E-state index contributed by atoms with van der Waals surface area (Å²) in [6.07, 6.45) is 11.9. The molecule has 312 valence electrons. The van der Waals surface area contributed by atoms with Crippen molar-refractivity contribution in [3.63, 3.8) is 0 Å². The van der Waals surface area contributed by atoms with E-state index in [2.05, 4.69) is 42.6 Å². The van der Waals surface area contributed by atoms with E-state index in [9.17, 15) is 28.0 Å². The van der Waals surface area contributed by atoms with Crippen LogP contribution < -0.4 is 32.1 Å². The van der Waals surface area contributed by atoms with Crippen LogP contribution in [-0.2, 0) is 14.4 Å². The van der Waals surface area contributed by atoms with Gasteiger partial charge in [0, 0.05) is 79.8 Å². The Kier molecular flexibility index (Phi) is 13.3. The molecule has 2 saturated heterocycles. The van der Waals surface area contributed by atoms with E-state index in [1.807, 2.05) is 6.07 Å². The summed E-state index contributed by atoms with van der Waals surface area (Å²) in [5.41, 5.74) is 7.74. The SMILES string of the molecule is CC1CCC(N2CCN(c3ccc(NC4CCC(=O)NC4=O)cc3F)CC2)CC1.NC(=O)C1CCCC(Nc2ncc(F)c(-c3cccc(-n4ccccc4=O)c3)n2)C1. The minimum atomic E-state index is -0.559. The minimum Gasteiger partial charge on any atom is -0.374 e. The van der Waals surface area contributed by atoms with Crippen molar-refractivity contribution in [1.29, 1.82) is 0 Å². The largest absolute Gasteiger partial charge is 0.374 e. The highest BCUT2D eigenvalue weighted by molar-refractivity contribution is 6.01. The van der Waals surface area contributed by atoms with Gasteiger partial charge in [-0.2, -0.15) is 0 Å². The van der Waals surface area contributed by atoms with Crippen LogP contribution in [0, 0.1) is 23.5 Å². The Hall–Kier alpha value is -5.70. The third-order valence-corrected chi connectivity index (χ3v) is 12.1.